The maximum absolute atomic E-state index is 11.4. The zero-order valence-electron chi connectivity index (χ0n) is 9.64. The first-order valence-electron chi connectivity index (χ1n) is 5.53. The molecule has 1 rings (SSSR count). The van der Waals surface area contributed by atoms with Crippen molar-refractivity contribution in [1.29, 1.82) is 0 Å². The topological polar surface area (TPSA) is 72.8 Å². The van der Waals surface area contributed by atoms with Gasteiger partial charge in [0.05, 0.1) is 25.0 Å². The van der Waals surface area contributed by atoms with Gasteiger partial charge in [-0.2, -0.15) is 0 Å². The molecule has 16 heavy (non-hydrogen) atoms. The summed E-state index contributed by atoms with van der Waals surface area (Å²) in [6, 6.07) is 0. The highest BCUT2D eigenvalue weighted by molar-refractivity contribution is 5.80. The lowest BCUT2D eigenvalue weighted by Gasteiger charge is -2.14. The molecule has 1 fully saturated rings. The molecule has 0 aromatic heterocycles. The smallest absolute Gasteiger partial charge is 0.312 e. The van der Waals surface area contributed by atoms with E-state index in [2.05, 4.69) is 0 Å². The lowest BCUT2D eigenvalue weighted by molar-refractivity contribution is -0.159. The van der Waals surface area contributed by atoms with Crippen molar-refractivity contribution >= 4 is 11.9 Å². The largest absolute Gasteiger partial charge is 0.463 e. The van der Waals surface area contributed by atoms with E-state index in [9.17, 15) is 9.59 Å². The molecule has 0 radical (unpaired) electrons. The summed E-state index contributed by atoms with van der Waals surface area (Å²) in [5.74, 6) is -1.80. The van der Waals surface area contributed by atoms with Gasteiger partial charge in [0.25, 0.3) is 0 Å². The van der Waals surface area contributed by atoms with Crippen LogP contribution in [0.25, 0.3) is 0 Å². The number of hydrogen-bond acceptors (Lipinski definition) is 5. The minimum absolute atomic E-state index is 0.0213. The van der Waals surface area contributed by atoms with E-state index in [1.54, 1.807) is 13.8 Å². The lowest BCUT2D eigenvalue weighted by Crippen LogP contribution is -2.27. The van der Waals surface area contributed by atoms with Gasteiger partial charge < -0.3 is 14.6 Å². The second-order valence-corrected chi connectivity index (χ2v) is 4.26. The summed E-state index contributed by atoms with van der Waals surface area (Å²) in [4.78, 5) is 22.7. The van der Waals surface area contributed by atoms with Crippen LogP contribution in [0, 0.1) is 5.92 Å². The zero-order valence-corrected chi connectivity index (χ0v) is 9.64. The Morgan fingerprint density at radius 3 is 2.44 bits per heavy atom. The molecule has 5 heteroatoms. The van der Waals surface area contributed by atoms with E-state index in [4.69, 9.17) is 14.6 Å². The van der Waals surface area contributed by atoms with Crippen LogP contribution in [-0.2, 0) is 19.1 Å². The maximum Gasteiger partial charge on any atom is 0.312 e. The number of aliphatic hydroxyl groups excluding tert-OH is 1. The van der Waals surface area contributed by atoms with Crippen molar-refractivity contribution in [2.24, 2.45) is 5.92 Å². The van der Waals surface area contributed by atoms with Gasteiger partial charge in [-0.25, -0.2) is 0 Å². The minimum atomic E-state index is -0.811. The standard InChI is InChI=1S/C11H18O5/c1-7(2)15-11(14)8(6-12)5-10(13)16-9-3-4-9/h7-9,12H,3-6H2,1-2H3. The van der Waals surface area contributed by atoms with Crippen LogP contribution in [0.15, 0.2) is 0 Å². The Kier molecular flexibility index (Phi) is 4.73. The summed E-state index contributed by atoms with van der Waals surface area (Å²) in [5, 5.41) is 9.00. The van der Waals surface area contributed by atoms with E-state index in [0.717, 1.165) is 12.8 Å². The average Bonchev–Trinajstić information content (AvgIpc) is 2.96. The molecular weight excluding hydrogens is 212 g/mol. The zero-order chi connectivity index (χ0) is 12.1. The van der Waals surface area contributed by atoms with E-state index in [-0.39, 0.29) is 18.6 Å². The second kappa shape index (κ2) is 5.84. The van der Waals surface area contributed by atoms with Gasteiger partial charge in [-0.15, -0.1) is 0 Å². The lowest BCUT2D eigenvalue weighted by atomic mass is 10.1. The summed E-state index contributed by atoms with van der Waals surface area (Å²) in [7, 11) is 0. The van der Waals surface area contributed by atoms with E-state index >= 15 is 0 Å². The van der Waals surface area contributed by atoms with E-state index in [1.807, 2.05) is 0 Å². The quantitative estimate of drug-likeness (QED) is 0.678. The van der Waals surface area contributed by atoms with Crippen LogP contribution in [0.3, 0.4) is 0 Å². The van der Waals surface area contributed by atoms with Crippen molar-refractivity contribution in [2.45, 2.75) is 45.3 Å². The van der Waals surface area contributed by atoms with E-state index in [0.29, 0.717) is 0 Å². The minimum Gasteiger partial charge on any atom is -0.463 e. The van der Waals surface area contributed by atoms with Crippen molar-refractivity contribution in [1.82, 2.24) is 0 Å². The third kappa shape index (κ3) is 4.61. The molecule has 1 saturated carbocycles. The summed E-state index contributed by atoms with van der Waals surface area (Å²) in [6.07, 6.45) is 1.45. The monoisotopic (exact) mass is 230 g/mol. The molecular formula is C11H18O5. The SMILES string of the molecule is CC(C)OC(=O)C(CO)CC(=O)OC1CC1. The maximum atomic E-state index is 11.4. The van der Waals surface area contributed by atoms with Gasteiger partial charge in [0.2, 0.25) is 0 Å². The van der Waals surface area contributed by atoms with Crippen molar-refractivity contribution in [2.75, 3.05) is 6.61 Å². The van der Waals surface area contributed by atoms with Crippen molar-refractivity contribution in [3.63, 3.8) is 0 Å². The van der Waals surface area contributed by atoms with E-state index in [1.165, 1.54) is 0 Å². The third-order valence-corrected chi connectivity index (χ3v) is 2.14. The van der Waals surface area contributed by atoms with Gasteiger partial charge in [-0.05, 0) is 26.7 Å². The summed E-state index contributed by atoms with van der Waals surface area (Å²) in [6.45, 7) is 3.04. The summed E-state index contributed by atoms with van der Waals surface area (Å²) in [5.41, 5.74) is 0. The molecule has 0 saturated heterocycles. The van der Waals surface area contributed by atoms with Crippen LogP contribution >= 0.6 is 0 Å². The van der Waals surface area contributed by atoms with Crippen LogP contribution in [0.2, 0.25) is 0 Å². The van der Waals surface area contributed by atoms with Crippen LogP contribution in [0.5, 0.6) is 0 Å². The summed E-state index contributed by atoms with van der Waals surface area (Å²) < 4.78 is 9.91. The fraction of sp³-hybridized carbons (Fsp3) is 0.818. The van der Waals surface area contributed by atoms with E-state index < -0.39 is 24.5 Å². The molecule has 0 spiro atoms. The summed E-state index contributed by atoms with van der Waals surface area (Å²) >= 11 is 0. The van der Waals surface area contributed by atoms with Crippen molar-refractivity contribution < 1.29 is 24.2 Å². The van der Waals surface area contributed by atoms with Crippen LogP contribution in [-0.4, -0.2) is 35.9 Å². The van der Waals surface area contributed by atoms with Crippen LogP contribution in [0.1, 0.15) is 33.1 Å². The molecule has 0 heterocycles. The molecule has 0 aliphatic heterocycles. The molecule has 1 aliphatic carbocycles. The molecule has 1 aliphatic rings. The van der Waals surface area contributed by atoms with Crippen LogP contribution in [0.4, 0.5) is 0 Å². The number of rotatable bonds is 6. The molecule has 1 unspecified atom stereocenters. The fourth-order valence-corrected chi connectivity index (χ4v) is 1.17. The van der Waals surface area contributed by atoms with Crippen molar-refractivity contribution in [3.8, 4) is 0 Å². The Balaban J connectivity index is 2.34. The molecule has 0 aromatic rings. The molecule has 1 atom stereocenters. The van der Waals surface area contributed by atoms with Gasteiger partial charge in [0.15, 0.2) is 0 Å². The first-order chi connectivity index (χ1) is 7.52. The number of hydrogen-bond donors (Lipinski definition) is 1. The van der Waals surface area contributed by atoms with Gasteiger partial charge in [-0.1, -0.05) is 0 Å². The van der Waals surface area contributed by atoms with Gasteiger partial charge in [-0.3, -0.25) is 9.59 Å². The highest BCUT2D eigenvalue weighted by Gasteiger charge is 2.29. The Hall–Kier alpha value is -1.10. The highest BCUT2D eigenvalue weighted by Crippen LogP contribution is 2.24. The average molecular weight is 230 g/mol. The Bertz CT molecular complexity index is 257. The predicted octanol–water partition coefficient (Wildman–Crippen LogP) is 0.642. The van der Waals surface area contributed by atoms with Gasteiger partial charge >= 0.3 is 11.9 Å². The number of aliphatic hydroxyl groups is 1. The number of carbonyl (C=O) groups is 2. The Morgan fingerprint density at radius 2 is 2.00 bits per heavy atom. The third-order valence-electron chi connectivity index (χ3n) is 2.14. The predicted molar refractivity (Wildman–Crippen MR) is 55.5 cm³/mol. The normalized spacial score (nSPS) is 17.0. The first-order valence-corrected chi connectivity index (χ1v) is 5.53. The number of ether oxygens (including phenoxy) is 2. The van der Waals surface area contributed by atoms with Gasteiger partial charge in [0.1, 0.15) is 6.10 Å². The number of carbonyl (C=O) groups excluding carboxylic acids is 2. The highest BCUT2D eigenvalue weighted by atomic mass is 16.6. The second-order valence-electron chi connectivity index (χ2n) is 4.26. The Morgan fingerprint density at radius 1 is 1.38 bits per heavy atom. The number of esters is 2. The van der Waals surface area contributed by atoms with Gasteiger partial charge in [0, 0.05) is 0 Å². The van der Waals surface area contributed by atoms with Crippen LogP contribution < -0.4 is 0 Å². The Labute approximate surface area is 94.7 Å². The molecule has 0 bridgehead atoms. The molecule has 0 amide bonds. The first kappa shape index (κ1) is 13.0. The molecule has 92 valence electrons. The fourth-order valence-electron chi connectivity index (χ4n) is 1.17. The molecule has 5 nitrogen and oxygen atoms in total. The molecule has 0 aromatic carbocycles. The van der Waals surface area contributed by atoms with Crippen molar-refractivity contribution in [3.05, 3.63) is 0 Å². The molecule has 1 N–H and O–H groups in total.